The van der Waals surface area contributed by atoms with Crippen molar-refractivity contribution in [2.24, 2.45) is 10.7 Å². The minimum absolute atomic E-state index is 0.174. The normalized spacial score (nSPS) is 11.7. The summed E-state index contributed by atoms with van der Waals surface area (Å²) >= 11 is 6.05. The van der Waals surface area contributed by atoms with Gasteiger partial charge in [-0.25, -0.2) is 4.68 Å². The van der Waals surface area contributed by atoms with Crippen LogP contribution in [0.15, 0.2) is 96.0 Å². The van der Waals surface area contributed by atoms with E-state index >= 15 is 0 Å². The Morgan fingerprint density at radius 1 is 0.951 bits per heavy atom. The summed E-state index contributed by atoms with van der Waals surface area (Å²) < 4.78 is 1.70. The highest BCUT2D eigenvalue weighted by atomic mass is 35.5. The van der Waals surface area contributed by atoms with Crippen LogP contribution in [0, 0.1) is 11.3 Å². The van der Waals surface area contributed by atoms with Crippen molar-refractivity contribution in [1.82, 2.24) is 20.0 Å². The minimum Gasteiger partial charge on any atom is -0.383 e. The zero-order valence-electron chi connectivity index (χ0n) is 22.6. The van der Waals surface area contributed by atoms with Crippen LogP contribution in [0.1, 0.15) is 25.0 Å². The van der Waals surface area contributed by atoms with Gasteiger partial charge in [0.25, 0.3) is 0 Å². The van der Waals surface area contributed by atoms with Crippen molar-refractivity contribution in [3.63, 3.8) is 0 Å². The monoisotopic (exact) mass is 561 g/mol. The van der Waals surface area contributed by atoms with Crippen LogP contribution in [0.4, 0.5) is 17.3 Å². The summed E-state index contributed by atoms with van der Waals surface area (Å²) in [5.74, 6) is 0.856. The molecule has 0 amide bonds. The van der Waals surface area contributed by atoms with E-state index in [1.54, 1.807) is 22.9 Å². The van der Waals surface area contributed by atoms with E-state index < -0.39 is 5.54 Å². The average molecular weight is 562 g/mol. The van der Waals surface area contributed by atoms with Gasteiger partial charge in [0.15, 0.2) is 11.8 Å². The molecule has 0 fully saturated rings. The molecule has 41 heavy (non-hydrogen) atoms. The average Bonchev–Trinajstić information content (AvgIpc) is 3.32. The van der Waals surface area contributed by atoms with Gasteiger partial charge in [-0.15, -0.1) is 10.2 Å². The number of nitrogens with two attached hydrogens (primary N) is 2. The number of aliphatic imine (C=N–C) groups is 1. The molecule has 0 saturated heterocycles. The first-order chi connectivity index (χ1) is 19.7. The van der Waals surface area contributed by atoms with E-state index in [2.05, 4.69) is 26.6 Å². The maximum absolute atomic E-state index is 9.87. The number of hydrogen-bond acceptors (Lipinski definition) is 6. The maximum Gasteiger partial charge on any atom is 0.199 e. The van der Waals surface area contributed by atoms with Crippen LogP contribution in [-0.2, 0) is 12.0 Å². The third-order valence-corrected chi connectivity index (χ3v) is 6.83. The smallest absolute Gasteiger partial charge is 0.199 e. The molecule has 0 saturated carbocycles. The first-order valence-electron chi connectivity index (χ1n) is 12.9. The standard InChI is InChI=1S/C31H28ClN9/c1-31(2,41-29(34)24(19-33)28(40-41)21-12-14-23(32)15-13-21)18-22-10-6-7-11-25(22)36-30(35)37-27-17-16-26(38-39-27)20-8-4-3-5-9-20/h3-17H,18,34H2,1-2H3,(H3,35,36,37,39). The number of nitrogens with one attached hydrogen (secondary N) is 1. The molecule has 3 aromatic carbocycles. The molecular weight excluding hydrogens is 534 g/mol. The minimum atomic E-state index is -0.594. The van der Waals surface area contributed by atoms with Gasteiger partial charge in [-0.2, -0.15) is 15.4 Å². The number of hydrogen-bond donors (Lipinski definition) is 3. The zero-order chi connectivity index (χ0) is 29.0. The van der Waals surface area contributed by atoms with E-state index in [0.29, 0.717) is 34.3 Å². The summed E-state index contributed by atoms with van der Waals surface area (Å²) in [5, 5.41) is 26.9. The number of aromatic nitrogens is 4. The first kappa shape index (κ1) is 27.4. The largest absolute Gasteiger partial charge is 0.383 e. The zero-order valence-corrected chi connectivity index (χ0v) is 23.3. The van der Waals surface area contributed by atoms with Gasteiger partial charge in [0.1, 0.15) is 23.1 Å². The number of nitrogens with zero attached hydrogens (tertiary/aromatic N) is 6. The summed E-state index contributed by atoms with van der Waals surface area (Å²) in [7, 11) is 0. The highest BCUT2D eigenvalue weighted by Gasteiger charge is 2.29. The molecule has 10 heteroatoms. The Morgan fingerprint density at radius 2 is 1.66 bits per heavy atom. The Morgan fingerprint density at radius 3 is 2.34 bits per heavy atom. The Labute approximate surface area is 243 Å². The van der Waals surface area contributed by atoms with Crippen molar-refractivity contribution >= 4 is 34.9 Å². The molecule has 9 nitrogen and oxygen atoms in total. The molecule has 0 radical (unpaired) electrons. The van der Waals surface area contributed by atoms with Gasteiger partial charge >= 0.3 is 0 Å². The number of rotatable bonds is 7. The van der Waals surface area contributed by atoms with Crippen LogP contribution in [0.3, 0.4) is 0 Å². The molecule has 5 rings (SSSR count). The summed E-state index contributed by atoms with van der Waals surface area (Å²) in [6.07, 6.45) is 0.534. The second-order valence-corrected chi connectivity index (χ2v) is 10.5. The van der Waals surface area contributed by atoms with Gasteiger partial charge in [-0.1, -0.05) is 72.3 Å². The highest BCUT2D eigenvalue weighted by Crippen LogP contribution is 2.34. The topological polar surface area (TPSA) is 144 Å². The number of anilines is 2. The third-order valence-electron chi connectivity index (χ3n) is 6.58. The van der Waals surface area contributed by atoms with Crippen LogP contribution in [0.2, 0.25) is 5.02 Å². The predicted molar refractivity (Wildman–Crippen MR) is 164 cm³/mol. The predicted octanol–water partition coefficient (Wildman–Crippen LogP) is 6.15. The van der Waals surface area contributed by atoms with Gasteiger partial charge in [-0.05, 0) is 56.2 Å². The number of para-hydroxylation sites is 1. The fraction of sp³-hybridized carbons (Fsp3) is 0.129. The van der Waals surface area contributed by atoms with Crippen molar-refractivity contribution in [2.45, 2.75) is 25.8 Å². The molecule has 0 bridgehead atoms. The van der Waals surface area contributed by atoms with Crippen molar-refractivity contribution in [3.8, 4) is 28.6 Å². The van der Waals surface area contributed by atoms with Crippen molar-refractivity contribution in [1.29, 1.82) is 5.26 Å². The van der Waals surface area contributed by atoms with Crippen LogP contribution < -0.4 is 16.8 Å². The Bertz CT molecular complexity index is 1730. The molecule has 0 unspecified atom stereocenters. The second-order valence-electron chi connectivity index (χ2n) is 10.1. The number of halogens is 1. The summed E-state index contributed by atoms with van der Waals surface area (Å²) in [5.41, 5.74) is 17.2. The fourth-order valence-corrected chi connectivity index (χ4v) is 4.71. The molecule has 2 heterocycles. The van der Waals surface area contributed by atoms with E-state index in [-0.39, 0.29) is 5.96 Å². The Kier molecular flexibility index (Phi) is 7.68. The van der Waals surface area contributed by atoms with Crippen LogP contribution >= 0.6 is 11.6 Å². The van der Waals surface area contributed by atoms with Gasteiger partial charge in [-0.3, -0.25) is 0 Å². The van der Waals surface area contributed by atoms with Crippen LogP contribution in [0.25, 0.3) is 22.5 Å². The number of guanidine groups is 1. The number of nitrogen functional groups attached to an aromatic ring is 1. The SMILES string of the molecule is CC(C)(Cc1ccccc1NC(N)=Nc1ccc(-c2ccccc2)nn1)n1nc(-c2ccc(Cl)cc2)c(C#N)c1N. The second kappa shape index (κ2) is 11.5. The molecule has 5 N–H and O–H groups in total. The lowest BCUT2D eigenvalue weighted by atomic mass is 9.94. The summed E-state index contributed by atoms with van der Waals surface area (Å²) in [4.78, 5) is 4.39. The maximum atomic E-state index is 9.87. The number of benzene rings is 3. The van der Waals surface area contributed by atoms with E-state index in [1.165, 1.54) is 0 Å². The van der Waals surface area contributed by atoms with Gasteiger partial charge in [0, 0.05) is 21.8 Å². The van der Waals surface area contributed by atoms with Crippen LogP contribution in [-0.4, -0.2) is 25.9 Å². The molecule has 0 atom stereocenters. The summed E-state index contributed by atoms with van der Waals surface area (Å²) in [6, 6.07) is 30.6. The lowest BCUT2D eigenvalue weighted by molar-refractivity contribution is 0.323. The van der Waals surface area contributed by atoms with Gasteiger partial charge in [0.05, 0.1) is 11.2 Å². The molecule has 0 spiro atoms. The lowest BCUT2D eigenvalue weighted by Gasteiger charge is -2.28. The molecule has 0 aliphatic rings. The molecule has 204 valence electrons. The highest BCUT2D eigenvalue weighted by molar-refractivity contribution is 6.30. The van der Waals surface area contributed by atoms with Crippen molar-refractivity contribution < 1.29 is 0 Å². The van der Waals surface area contributed by atoms with Gasteiger partial charge < -0.3 is 16.8 Å². The Hall–Kier alpha value is -5.20. The van der Waals surface area contributed by atoms with E-state index in [0.717, 1.165) is 28.1 Å². The van der Waals surface area contributed by atoms with Gasteiger partial charge in [0.2, 0.25) is 0 Å². The fourth-order valence-electron chi connectivity index (χ4n) is 4.59. The van der Waals surface area contributed by atoms with E-state index in [9.17, 15) is 5.26 Å². The summed E-state index contributed by atoms with van der Waals surface area (Å²) in [6.45, 7) is 4.03. The van der Waals surface area contributed by atoms with E-state index in [1.807, 2.05) is 86.6 Å². The molecule has 2 aromatic heterocycles. The van der Waals surface area contributed by atoms with E-state index in [4.69, 9.17) is 28.2 Å². The molecule has 0 aliphatic carbocycles. The van der Waals surface area contributed by atoms with Crippen molar-refractivity contribution in [2.75, 3.05) is 11.1 Å². The molecule has 5 aromatic rings. The molecule has 0 aliphatic heterocycles. The molecular formula is C31H28ClN9. The van der Waals surface area contributed by atoms with Crippen LogP contribution in [0.5, 0.6) is 0 Å². The lowest BCUT2D eigenvalue weighted by Crippen LogP contribution is -2.32. The first-order valence-corrected chi connectivity index (χ1v) is 13.3. The van der Waals surface area contributed by atoms with Crippen molar-refractivity contribution in [3.05, 3.63) is 107 Å². The Balaban J connectivity index is 1.38. The number of nitriles is 1. The third kappa shape index (κ3) is 6.03. The quantitative estimate of drug-likeness (QED) is 0.160.